The number of hydrogen-bond donors (Lipinski definition) is 2. The van der Waals surface area contributed by atoms with Crippen molar-refractivity contribution >= 4 is 11.8 Å². The highest BCUT2D eigenvalue weighted by Crippen LogP contribution is 2.46. The van der Waals surface area contributed by atoms with Gasteiger partial charge in [0.25, 0.3) is 0 Å². The number of unbranched alkanes of at least 4 members (excludes halogenated alkanes) is 1. The van der Waals surface area contributed by atoms with Gasteiger partial charge in [0.05, 0.1) is 18.3 Å². The molecule has 0 aromatic carbocycles. The molecule has 5 atom stereocenters. The van der Waals surface area contributed by atoms with Crippen molar-refractivity contribution in [2.75, 3.05) is 0 Å². The summed E-state index contributed by atoms with van der Waals surface area (Å²) in [6.45, 7) is 1.36. The molecule has 2 aliphatic heterocycles. The zero-order chi connectivity index (χ0) is 20.6. The van der Waals surface area contributed by atoms with Gasteiger partial charge >= 0.3 is 0 Å². The number of nitrogens with one attached hydrogen (secondary N) is 1. The van der Waals surface area contributed by atoms with Crippen LogP contribution >= 0.6 is 0 Å². The summed E-state index contributed by atoms with van der Waals surface area (Å²) in [5, 5.41) is 12.9. The highest BCUT2D eigenvalue weighted by molar-refractivity contribution is 5.93. The first kappa shape index (κ1) is 22.2. The first-order chi connectivity index (χ1) is 14.0. The molecule has 1 unspecified atom stereocenters. The molecule has 2 amide bonds. The summed E-state index contributed by atoms with van der Waals surface area (Å²) in [6.07, 6.45) is 20.3. The Morgan fingerprint density at radius 3 is 2.62 bits per heavy atom. The van der Waals surface area contributed by atoms with Crippen LogP contribution in [0.3, 0.4) is 0 Å². The van der Waals surface area contributed by atoms with Gasteiger partial charge < -0.3 is 9.84 Å². The Labute approximate surface area is 175 Å². The highest BCUT2D eigenvalue weighted by Gasteiger charge is 2.46. The summed E-state index contributed by atoms with van der Waals surface area (Å²) >= 11 is 0. The predicted molar refractivity (Wildman–Crippen MR) is 113 cm³/mol. The Bertz CT molecular complexity index is 608. The molecule has 5 heteroatoms. The molecule has 2 bridgehead atoms. The average molecular weight is 404 g/mol. The lowest BCUT2D eigenvalue weighted by atomic mass is 9.76. The zero-order valence-electron chi connectivity index (χ0n) is 17.7. The van der Waals surface area contributed by atoms with Gasteiger partial charge in [-0.2, -0.15) is 0 Å². The number of aliphatic hydroxyl groups excluding tert-OH is 1. The van der Waals surface area contributed by atoms with Gasteiger partial charge in [-0.1, -0.05) is 43.6 Å². The van der Waals surface area contributed by atoms with Crippen LogP contribution in [0.2, 0.25) is 0 Å². The number of allylic oxidation sites excluding steroid dienone is 2. The maximum Gasteiger partial charge on any atom is 0.226 e. The lowest BCUT2D eigenvalue weighted by molar-refractivity contribution is -0.129. The van der Waals surface area contributed by atoms with Crippen LogP contribution in [0.25, 0.3) is 0 Å². The number of carbonyl (C=O) groups is 2. The summed E-state index contributed by atoms with van der Waals surface area (Å²) in [4.78, 5) is 22.3. The second kappa shape index (κ2) is 11.1. The van der Waals surface area contributed by atoms with Crippen LogP contribution < -0.4 is 5.32 Å². The van der Waals surface area contributed by atoms with Gasteiger partial charge in [-0.25, -0.2) is 0 Å². The third kappa shape index (κ3) is 6.51. The van der Waals surface area contributed by atoms with E-state index in [2.05, 4.69) is 29.6 Å². The molecule has 3 rings (SSSR count). The first-order valence-corrected chi connectivity index (χ1v) is 11.5. The molecule has 0 radical (unpaired) electrons. The summed E-state index contributed by atoms with van der Waals surface area (Å²) < 4.78 is 6.17. The first-order valence-electron chi connectivity index (χ1n) is 11.5. The van der Waals surface area contributed by atoms with E-state index in [1.807, 2.05) is 0 Å². The standard InChI is InChI=1S/C24H37NO4/c1-17(26)25-24(28)12-8-3-2-7-11-19-20(23-16-15-22(19)29-23)13-14-21(27)18-9-5-4-6-10-18/h2,7,13-14,18-23,27H,3-6,8-12,15-16H2,1H3,(H,25,26,28)/b7-2-,14-13+/t19-,20-,21?,22+,23-/m0/s1. The number of imide groups is 1. The van der Waals surface area contributed by atoms with E-state index in [1.54, 1.807) is 0 Å². The average Bonchev–Trinajstić information content (AvgIpc) is 3.30. The van der Waals surface area contributed by atoms with Gasteiger partial charge in [-0.15, -0.1) is 0 Å². The molecule has 1 aliphatic carbocycles. The Balaban J connectivity index is 1.43. The summed E-state index contributed by atoms with van der Waals surface area (Å²) in [7, 11) is 0. The third-order valence-corrected chi connectivity index (χ3v) is 6.81. The Morgan fingerprint density at radius 2 is 1.86 bits per heavy atom. The normalized spacial score (nSPS) is 31.0. The SMILES string of the molecule is CC(=O)NC(=O)CCC/C=C\C[C@H]1[C@H](/C=C/C(O)C2CCCCC2)[C@@H]2CC[C@H]1O2. The lowest BCUT2D eigenvalue weighted by Gasteiger charge is -2.27. The van der Waals surface area contributed by atoms with Crippen molar-refractivity contribution < 1.29 is 19.4 Å². The van der Waals surface area contributed by atoms with Crippen LogP contribution in [0.4, 0.5) is 0 Å². The van der Waals surface area contributed by atoms with Gasteiger partial charge in [0.15, 0.2) is 0 Å². The predicted octanol–water partition coefficient (Wildman–Crippen LogP) is 4.06. The molecule has 2 N–H and O–H groups in total. The molecule has 0 aromatic heterocycles. The Kier molecular flexibility index (Phi) is 8.49. The minimum atomic E-state index is -0.313. The van der Waals surface area contributed by atoms with E-state index in [1.165, 1.54) is 26.2 Å². The summed E-state index contributed by atoms with van der Waals surface area (Å²) in [6, 6.07) is 0. The molecule has 0 spiro atoms. The number of hydrogen-bond acceptors (Lipinski definition) is 4. The quantitative estimate of drug-likeness (QED) is 0.450. The molecule has 3 aliphatic rings. The fourth-order valence-corrected chi connectivity index (χ4v) is 5.27. The van der Waals surface area contributed by atoms with Crippen molar-refractivity contribution in [2.45, 2.75) is 95.9 Å². The number of carbonyl (C=O) groups excluding carboxylic acids is 2. The second-order valence-corrected chi connectivity index (χ2v) is 9.01. The molecule has 162 valence electrons. The molecular formula is C24H37NO4. The fraction of sp³-hybridized carbons (Fsp3) is 0.750. The van der Waals surface area contributed by atoms with E-state index in [4.69, 9.17) is 4.74 Å². The largest absolute Gasteiger partial charge is 0.389 e. The van der Waals surface area contributed by atoms with E-state index >= 15 is 0 Å². The van der Waals surface area contributed by atoms with E-state index in [-0.39, 0.29) is 17.9 Å². The fourth-order valence-electron chi connectivity index (χ4n) is 5.27. The van der Waals surface area contributed by atoms with E-state index in [9.17, 15) is 14.7 Å². The van der Waals surface area contributed by atoms with Crippen LogP contribution in [0.5, 0.6) is 0 Å². The van der Waals surface area contributed by atoms with Crippen LogP contribution in [0, 0.1) is 17.8 Å². The second-order valence-electron chi connectivity index (χ2n) is 9.01. The van der Waals surface area contributed by atoms with Crippen molar-refractivity contribution in [3.8, 4) is 0 Å². The molecule has 5 nitrogen and oxygen atoms in total. The molecular weight excluding hydrogens is 366 g/mol. The van der Waals surface area contributed by atoms with Crippen LogP contribution in [-0.4, -0.2) is 35.2 Å². The van der Waals surface area contributed by atoms with Gasteiger partial charge in [0.1, 0.15) is 0 Å². The van der Waals surface area contributed by atoms with Gasteiger partial charge in [0.2, 0.25) is 11.8 Å². The maximum atomic E-state index is 11.5. The van der Waals surface area contributed by atoms with Crippen molar-refractivity contribution in [3.05, 3.63) is 24.3 Å². The topological polar surface area (TPSA) is 75.6 Å². The van der Waals surface area contributed by atoms with Crippen molar-refractivity contribution in [1.29, 1.82) is 0 Å². The number of amides is 2. The number of ether oxygens (including phenoxy) is 1. The van der Waals surface area contributed by atoms with Gasteiger partial charge in [-0.3, -0.25) is 14.9 Å². The van der Waals surface area contributed by atoms with Gasteiger partial charge in [0, 0.05) is 19.3 Å². The molecule has 1 saturated carbocycles. The molecule has 2 heterocycles. The lowest BCUT2D eigenvalue weighted by Crippen LogP contribution is -2.27. The highest BCUT2D eigenvalue weighted by atomic mass is 16.5. The monoisotopic (exact) mass is 403 g/mol. The van der Waals surface area contributed by atoms with Gasteiger partial charge in [-0.05, 0) is 56.8 Å². The summed E-state index contributed by atoms with van der Waals surface area (Å²) in [5.41, 5.74) is 0. The van der Waals surface area contributed by atoms with Crippen LogP contribution in [0.15, 0.2) is 24.3 Å². The van der Waals surface area contributed by atoms with Crippen molar-refractivity contribution in [2.24, 2.45) is 17.8 Å². The van der Waals surface area contributed by atoms with E-state index in [0.29, 0.717) is 36.4 Å². The van der Waals surface area contributed by atoms with Crippen LogP contribution in [0.1, 0.15) is 77.6 Å². The molecule has 0 aromatic rings. The Morgan fingerprint density at radius 1 is 1.10 bits per heavy atom. The summed E-state index contributed by atoms with van der Waals surface area (Å²) in [5.74, 6) is 0.820. The Hall–Kier alpha value is -1.46. The number of fused-ring (bicyclic) bond motifs is 2. The molecule has 3 fully saturated rings. The van der Waals surface area contributed by atoms with E-state index in [0.717, 1.165) is 44.9 Å². The molecule has 2 saturated heterocycles. The minimum Gasteiger partial charge on any atom is -0.389 e. The zero-order valence-corrected chi connectivity index (χ0v) is 17.7. The van der Waals surface area contributed by atoms with E-state index < -0.39 is 0 Å². The van der Waals surface area contributed by atoms with Crippen molar-refractivity contribution in [1.82, 2.24) is 5.32 Å². The molecule has 29 heavy (non-hydrogen) atoms. The smallest absolute Gasteiger partial charge is 0.226 e. The number of aliphatic hydroxyl groups is 1. The maximum absolute atomic E-state index is 11.5. The van der Waals surface area contributed by atoms with Crippen molar-refractivity contribution in [3.63, 3.8) is 0 Å². The third-order valence-electron chi connectivity index (χ3n) is 6.81. The van der Waals surface area contributed by atoms with Crippen LogP contribution in [-0.2, 0) is 14.3 Å². The minimum absolute atomic E-state index is 0.200. The number of rotatable bonds is 9.